The zero-order chi connectivity index (χ0) is 8.72. The molecule has 0 amide bonds. The van der Waals surface area contributed by atoms with E-state index >= 15 is 0 Å². The first-order chi connectivity index (χ1) is 5.68. The lowest BCUT2D eigenvalue weighted by Gasteiger charge is -1.98. The molecule has 64 valence electrons. The van der Waals surface area contributed by atoms with Gasteiger partial charge in [0.15, 0.2) is 5.69 Å². The smallest absolute Gasteiger partial charge is 0.356 e. The molecule has 1 fully saturated rings. The van der Waals surface area contributed by atoms with Crippen molar-refractivity contribution in [1.29, 1.82) is 0 Å². The van der Waals surface area contributed by atoms with Gasteiger partial charge in [-0.3, -0.25) is 0 Å². The van der Waals surface area contributed by atoms with Crippen molar-refractivity contribution in [3.63, 3.8) is 0 Å². The molecule has 0 spiro atoms. The largest absolute Gasteiger partial charge is 0.476 e. The molecule has 0 aromatic carbocycles. The standard InChI is InChI=1S/C8H10N2O2/c1-5-9-7(8(11)12)4-10(5)6-2-3-6/h4,6H,2-3H2,1H3,(H,11,12). The summed E-state index contributed by atoms with van der Waals surface area (Å²) in [5.41, 5.74) is 0.152. The number of imidazole rings is 1. The Balaban J connectivity index is 2.36. The van der Waals surface area contributed by atoms with E-state index in [1.807, 2.05) is 11.5 Å². The first-order valence-electron chi connectivity index (χ1n) is 3.97. The van der Waals surface area contributed by atoms with Gasteiger partial charge in [-0.15, -0.1) is 0 Å². The number of carbonyl (C=O) groups is 1. The second-order valence-electron chi connectivity index (χ2n) is 3.12. The normalized spacial score (nSPS) is 16.4. The Morgan fingerprint density at radius 2 is 2.42 bits per heavy atom. The van der Waals surface area contributed by atoms with Crippen LogP contribution in [0.1, 0.15) is 35.2 Å². The molecule has 2 rings (SSSR count). The van der Waals surface area contributed by atoms with E-state index in [4.69, 9.17) is 5.11 Å². The number of hydrogen-bond acceptors (Lipinski definition) is 2. The van der Waals surface area contributed by atoms with Crippen LogP contribution in [-0.4, -0.2) is 20.6 Å². The number of hydrogen-bond donors (Lipinski definition) is 1. The third-order valence-corrected chi connectivity index (χ3v) is 2.08. The Hall–Kier alpha value is -1.32. The highest BCUT2D eigenvalue weighted by Gasteiger charge is 2.26. The second kappa shape index (κ2) is 2.33. The van der Waals surface area contributed by atoms with Crippen molar-refractivity contribution in [2.75, 3.05) is 0 Å². The Morgan fingerprint density at radius 3 is 2.83 bits per heavy atom. The first kappa shape index (κ1) is 7.34. The number of rotatable bonds is 2. The molecular weight excluding hydrogens is 156 g/mol. The highest BCUT2D eigenvalue weighted by molar-refractivity contribution is 5.85. The molecule has 1 saturated carbocycles. The summed E-state index contributed by atoms with van der Waals surface area (Å²) in [7, 11) is 0. The summed E-state index contributed by atoms with van der Waals surface area (Å²) in [5.74, 6) is -0.146. The van der Waals surface area contributed by atoms with E-state index in [1.165, 1.54) is 0 Å². The summed E-state index contributed by atoms with van der Waals surface area (Å²) < 4.78 is 1.95. The van der Waals surface area contributed by atoms with Gasteiger partial charge in [0.05, 0.1) is 0 Å². The fourth-order valence-electron chi connectivity index (χ4n) is 1.31. The number of carboxylic acid groups (broad SMARTS) is 1. The van der Waals surface area contributed by atoms with Crippen LogP contribution in [0.2, 0.25) is 0 Å². The molecule has 0 atom stereocenters. The zero-order valence-corrected chi connectivity index (χ0v) is 6.82. The number of aryl methyl sites for hydroxylation is 1. The van der Waals surface area contributed by atoms with Crippen molar-refractivity contribution < 1.29 is 9.90 Å². The van der Waals surface area contributed by atoms with Gasteiger partial charge < -0.3 is 9.67 Å². The molecule has 0 radical (unpaired) electrons. The Labute approximate surface area is 69.8 Å². The van der Waals surface area contributed by atoms with E-state index in [9.17, 15) is 4.79 Å². The molecule has 12 heavy (non-hydrogen) atoms. The molecule has 1 aromatic heterocycles. The van der Waals surface area contributed by atoms with Crippen LogP contribution >= 0.6 is 0 Å². The lowest BCUT2D eigenvalue weighted by Crippen LogP contribution is -1.95. The fourth-order valence-corrected chi connectivity index (χ4v) is 1.31. The molecule has 1 aromatic rings. The van der Waals surface area contributed by atoms with Gasteiger partial charge >= 0.3 is 5.97 Å². The molecule has 1 aliphatic carbocycles. The van der Waals surface area contributed by atoms with Crippen molar-refractivity contribution >= 4 is 5.97 Å². The lowest BCUT2D eigenvalue weighted by atomic mass is 10.5. The van der Waals surface area contributed by atoms with Crippen LogP contribution in [0.15, 0.2) is 6.20 Å². The highest BCUT2D eigenvalue weighted by Crippen LogP contribution is 2.35. The average Bonchev–Trinajstić information content (AvgIpc) is 2.75. The van der Waals surface area contributed by atoms with Crippen LogP contribution in [0.3, 0.4) is 0 Å². The predicted molar refractivity (Wildman–Crippen MR) is 42.2 cm³/mol. The van der Waals surface area contributed by atoms with Gasteiger partial charge in [0.1, 0.15) is 5.82 Å². The molecular formula is C8H10N2O2. The summed E-state index contributed by atoms with van der Waals surface area (Å²) in [4.78, 5) is 14.5. The quantitative estimate of drug-likeness (QED) is 0.718. The zero-order valence-electron chi connectivity index (χ0n) is 6.82. The van der Waals surface area contributed by atoms with Gasteiger partial charge in [-0.2, -0.15) is 0 Å². The Kier molecular flexibility index (Phi) is 1.43. The predicted octanol–water partition coefficient (Wildman–Crippen LogP) is 1.22. The minimum Gasteiger partial charge on any atom is -0.476 e. The van der Waals surface area contributed by atoms with Gasteiger partial charge in [0, 0.05) is 12.2 Å². The minimum atomic E-state index is -0.947. The van der Waals surface area contributed by atoms with E-state index in [2.05, 4.69) is 4.98 Å². The Morgan fingerprint density at radius 1 is 1.75 bits per heavy atom. The molecule has 0 bridgehead atoms. The van der Waals surface area contributed by atoms with Crippen LogP contribution in [0.5, 0.6) is 0 Å². The summed E-state index contributed by atoms with van der Waals surface area (Å²) in [6.45, 7) is 1.84. The maximum Gasteiger partial charge on any atom is 0.356 e. The molecule has 4 nitrogen and oxygen atoms in total. The van der Waals surface area contributed by atoms with Crippen LogP contribution in [0.25, 0.3) is 0 Å². The van der Waals surface area contributed by atoms with E-state index < -0.39 is 5.97 Å². The van der Waals surface area contributed by atoms with Gasteiger partial charge in [0.25, 0.3) is 0 Å². The van der Waals surface area contributed by atoms with E-state index in [0.29, 0.717) is 6.04 Å². The van der Waals surface area contributed by atoms with Crippen LogP contribution in [0, 0.1) is 6.92 Å². The van der Waals surface area contributed by atoms with Crippen molar-refractivity contribution in [3.05, 3.63) is 17.7 Å². The van der Waals surface area contributed by atoms with E-state index in [0.717, 1.165) is 18.7 Å². The van der Waals surface area contributed by atoms with E-state index in [1.54, 1.807) is 6.20 Å². The van der Waals surface area contributed by atoms with Gasteiger partial charge in [0.2, 0.25) is 0 Å². The second-order valence-corrected chi connectivity index (χ2v) is 3.12. The van der Waals surface area contributed by atoms with Gasteiger partial charge in [-0.25, -0.2) is 9.78 Å². The summed E-state index contributed by atoms with van der Waals surface area (Å²) in [5, 5.41) is 8.65. The van der Waals surface area contributed by atoms with Crippen LogP contribution in [-0.2, 0) is 0 Å². The maximum atomic E-state index is 10.5. The van der Waals surface area contributed by atoms with Crippen molar-refractivity contribution in [2.24, 2.45) is 0 Å². The number of nitrogens with zero attached hydrogens (tertiary/aromatic N) is 2. The molecule has 1 aliphatic rings. The summed E-state index contributed by atoms with van der Waals surface area (Å²) in [6, 6.07) is 0.505. The van der Waals surface area contributed by atoms with Gasteiger partial charge in [-0.05, 0) is 19.8 Å². The van der Waals surface area contributed by atoms with Gasteiger partial charge in [-0.1, -0.05) is 0 Å². The van der Waals surface area contributed by atoms with Crippen molar-refractivity contribution in [1.82, 2.24) is 9.55 Å². The molecule has 1 N–H and O–H groups in total. The number of aromatic carboxylic acids is 1. The molecule has 0 unspecified atom stereocenters. The fraction of sp³-hybridized carbons (Fsp3) is 0.500. The van der Waals surface area contributed by atoms with E-state index in [-0.39, 0.29) is 5.69 Å². The third kappa shape index (κ3) is 1.09. The molecule has 0 saturated heterocycles. The van der Waals surface area contributed by atoms with Crippen molar-refractivity contribution in [2.45, 2.75) is 25.8 Å². The third-order valence-electron chi connectivity index (χ3n) is 2.08. The van der Waals surface area contributed by atoms with Crippen LogP contribution in [0.4, 0.5) is 0 Å². The summed E-state index contributed by atoms with van der Waals surface area (Å²) >= 11 is 0. The minimum absolute atomic E-state index is 0.152. The molecule has 1 heterocycles. The van der Waals surface area contributed by atoms with Crippen LogP contribution < -0.4 is 0 Å². The molecule has 4 heteroatoms. The van der Waals surface area contributed by atoms with Crippen molar-refractivity contribution in [3.8, 4) is 0 Å². The average molecular weight is 166 g/mol. The Bertz CT molecular complexity index is 326. The lowest BCUT2D eigenvalue weighted by molar-refractivity contribution is 0.0691. The summed E-state index contributed by atoms with van der Waals surface area (Å²) in [6.07, 6.45) is 3.92. The SMILES string of the molecule is Cc1nc(C(=O)O)cn1C1CC1. The number of carboxylic acids is 1. The number of aromatic nitrogens is 2. The monoisotopic (exact) mass is 166 g/mol. The molecule has 0 aliphatic heterocycles. The topological polar surface area (TPSA) is 55.1 Å². The first-order valence-corrected chi connectivity index (χ1v) is 3.97. The highest BCUT2D eigenvalue weighted by atomic mass is 16.4. The maximum absolute atomic E-state index is 10.5.